The van der Waals surface area contributed by atoms with Gasteiger partial charge in [0.2, 0.25) is 5.91 Å². The summed E-state index contributed by atoms with van der Waals surface area (Å²) in [6.45, 7) is 3.46. The zero-order chi connectivity index (χ0) is 9.68. The van der Waals surface area contributed by atoms with E-state index in [2.05, 4.69) is 5.32 Å². The Morgan fingerprint density at radius 3 is 2.38 bits per heavy atom. The van der Waals surface area contributed by atoms with Crippen molar-refractivity contribution in [2.45, 2.75) is 13.8 Å². The van der Waals surface area contributed by atoms with E-state index < -0.39 is 0 Å². The van der Waals surface area contributed by atoms with Crippen molar-refractivity contribution in [2.24, 2.45) is 0 Å². The van der Waals surface area contributed by atoms with Gasteiger partial charge >= 0.3 is 0 Å². The molecule has 1 aromatic carbocycles. The van der Waals surface area contributed by atoms with Crippen LogP contribution in [0.15, 0.2) is 36.5 Å². The second kappa shape index (κ2) is 4.45. The minimum Gasteiger partial charge on any atom is -0.333 e. The lowest BCUT2D eigenvalue weighted by atomic mass is 10.1. The monoisotopic (exact) mass is 175 g/mol. The number of benzene rings is 1. The van der Waals surface area contributed by atoms with Crippen LogP contribution in [0.2, 0.25) is 0 Å². The van der Waals surface area contributed by atoms with Gasteiger partial charge in [-0.15, -0.1) is 0 Å². The second-order valence-corrected chi connectivity index (χ2v) is 2.89. The van der Waals surface area contributed by atoms with E-state index in [1.165, 1.54) is 6.92 Å². The number of rotatable bonds is 2. The van der Waals surface area contributed by atoms with E-state index in [0.29, 0.717) is 0 Å². The third-order valence-corrected chi connectivity index (χ3v) is 1.72. The zero-order valence-electron chi connectivity index (χ0n) is 7.87. The first-order chi connectivity index (χ1) is 6.20. The van der Waals surface area contributed by atoms with E-state index in [4.69, 9.17) is 0 Å². The molecule has 0 bridgehead atoms. The molecule has 1 aromatic rings. The lowest BCUT2D eigenvalue weighted by Crippen LogP contribution is -2.12. The summed E-state index contributed by atoms with van der Waals surface area (Å²) in [6.07, 6.45) is 1.72. The Hall–Kier alpha value is -1.57. The lowest BCUT2D eigenvalue weighted by Gasteiger charge is -2.00. The average Bonchev–Trinajstić information content (AvgIpc) is 2.15. The van der Waals surface area contributed by atoms with Crippen LogP contribution in [0.4, 0.5) is 0 Å². The lowest BCUT2D eigenvalue weighted by molar-refractivity contribution is -0.118. The summed E-state index contributed by atoms with van der Waals surface area (Å²) >= 11 is 0. The summed E-state index contributed by atoms with van der Waals surface area (Å²) in [5, 5.41) is 2.64. The highest BCUT2D eigenvalue weighted by Gasteiger charge is 1.93. The normalized spacial score (nSPS) is 11.1. The molecule has 0 aliphatic heterocycles. The first-order valence-electron chi connectivity index (χ1n) is 4.19. The van der Waals surface area contributed by atoms with Crippen LogP contribution >= 0.6 is 0 Å². The van der Waals surface area contributed by atoms with E-state index in [-0.39, 0.29) is 5.91 Å². The van der Waals surface area contributed by atoms with Crippen LogP contribution in [0.1, 0.15) is 19.4 Å². The Morgan fingerprint density at radius 1 is 1.23 bits per heavy atom. The molecule has 0 atom stereocenters. The van der Waals surface area contributed by atoms with Crippen molar-refractivity contribution >= 4 is 11.5 Å². The summed E-state index contributed by atoms with van der Waals surface area (Å²) in [6, 6.07) is 9.93. The Morgan fingerprint density at radius 2 is 1.85 bits per heavy atom. The summed E-state index contributed by atoms with van der Waals surface area (Å²) < 4.78 is 0. The van der Waals surface area contributed by atoms with Gasteiger partial charge in [-0.25, -0.2) is 0 Å². The van der Waals surface area contributed by atoms with Gasteiger partial charge in [-0.05, 0) is 18.1 Å². The van der Waals surface area contributed by atoms with Crippen molar-refractivity contribution in [1.29, 1.82) is 0 Å². The predicted octanol–water partition coefficient (Wildman–Crippen LogP) is 2.18. The summed E-state index contributed by atoms with van der Waals surface area (Å²) in [7, 11) is 0. The summed E-state index contributed by atoms with van der Waals surface area (Å²) in [5.74, 6) is -0.0460. The van der Waals surface area contributed by atoms with Gasteiger partial charge in [0.15, 0.2) is 0 Å². The Bertz CT molecular complexity index is 314. The molecule has 1 amide bonds. The molecule has 0 fully saturated rings. The quantitative estimate of drug-likeness (QED) is 0.733. The molecule has 0 heterocycles. The third-order valence-electron chi connectivity index (χ3n) is 1.72. The van der Waals surface area contributed by atoms with Crippen LogP contribution in [0.25, 0.3) is 5.57 Å². The van der Waals surface area contributed by atoms with Crippen molar-refractivity contribution in [2.75, 3.05) is 0 Å². The molecule has 1 rings (SSSR count). The van der Waals surface area contributed by atoms with Gasteiger partial charge in [0, 0.05) is 13.1 Å². The molecule has 0 radical (unpaired) electrons. The van der Waals surface area contributed by atoms with Gasteiger partial charge in [-0.3, -0.25) is 4.79 Å². The first-order valence-corrected chi connectivity index (χ1v) is 4.19. The minimum absolute atomic E-state index is 0.0460. The highest BCUT2D eigenvalue weighted by atomic mass is 16.1. The number of hydrogen-bond donors (Lipinski definition) is 1. The molecular formula is C11H13NO. The van der Waals surface area contributed by atoms with E-state index in [0.717, 1.165) is 11.1 Å². The van der Waals surface area contributed by atoms with Crippen molar-refractivity contribution in [3.05, 3.63) is 42.1 Å². The first kappa shape index (κ1) is 9.52. The molecular weight excluding hydrogens is 162 g/mol. The van der Waals surface area contributed by atoms with Gasteiger partial charge < -0.3 is 5.32 Å². The fourth-order valence-corrected chi connectivity index (χ4v) is 0.994. The van der Waals surface area contributed by atoms with E-state index in [1.54, 1.807) is 6.20 Å². The number of allylic oxidation sites excluding steroid dienone is 1. The van der Waals surface area contributed by atoms with Gasteiger partial charge in [0.05, 0.1) is 0 Å². The number of amides is 1. The van der Waals surface area contributed by atoms with Crippen molar-refractivity contribution < 1.29 is 4.79 Å². The molecule has 0 saturated heterocycles. The second-order valence-electron chi connectivity index (χ2n) is 2.89. The Kier molecular flexibility index (Phi) is 3.26. The number of carbonyl (C=O) groups excluding carboxylic acids is 1. The van der Waals surface area contributed by atoms with Crippen LogP contribution in [0.5, 0.6) is 0 Å². The van der Waals surface area contributed by atoms with Crippen LogP contribution < -0.4 is 5.32 Å². The van der Waals surface area contributed by atoms with Crippen molar-refractivity contribution in [3.63, 3.8) is 0 Å². The number of carbonyl (C=O) groups is 1. The molecule has 0 spiro atoms. The molecule has 68 valence electrons. The van der Waals surface area contributed by atoms with E-state index in [9.17, 15) is 4.79 Å². The van der Waals surface area contributed by atoms with Crippen molar-refractivity contribution in [3.8, 4) is 0 Å². The molecule has 0 saturated carbocycles. The highest BCUT2D eigenvalue weighted by Crippen LogP contribution is 2.10. The van der Waals surface area contributed by atoms with Crippen LogP contribution in [0.3, 0.4) is 0 Å². The molecule has 2 nitrogen and oxygen atoms in total. The maximum atomic E-state index is 10.6. The summed E-state index contributed by atoms with van der Waals surface area (Å²) in [5.41, 5.74) is 2.17. The fraction of sp³-hybridized carbons (Fsp3) is 0.182. The van der Waals surface area contributed by atoms with Gasteiger partial charge in [-0.2, -0.15) is 0 Å². The van der Waals surface area contributed by atoms with E-state index >= 15 is 0 Å². The molecule has 2 heteroatoms. The molecule has 0 aliphatic rings. The number of hydrogen-bond acceptors (Lipinski definition) is 1. The maximum absolute atomic E-state index is 10.6. The SMILES string of the molecule is CC(=O)N/C=C(\C)c1ccccc1. The average molecular weight is 175 g/mol. The van der Waals surface area contributed by atoms with Gasteiger partial charge in [0.25, 0.3) is 0 Å². The van der Waals surface area contributed by atoms with Gasteiger partial charge in [-0.1, -0.05) is 30.3 Å². The number of nitrogens with one attached hydrogen (secondary N) is 1. The Balaban J connectivity index is 2.73. The highest BCUT2D eigenvalue weighted by molar-refractivity contribution is 5.76. The summed E-state index contributed by atoms with van der Waals surface area (Å²) in [4.78, 5) is 10.6. The van der Waals surface area contributed by atoms with Crippen LogP contribution in [0, 0.1) is 0 Å². The van der Waals surface area contributed by atoms with Crippen LogP contribution in [-0.2, 0) is 4.79 Å². The van der Waals surface area contributed by atoms with E-state index in [1.807, 2.05) is 37.3 Å². The maximum Gasteiger partial charge on any atom is 0.220 e. The molecule has 1 N–H and O–H groups in total. The topological polar surface area (TPSA) is 29.1 Å². The standard InChI is InChI=1S/C11H13NO/c1-9(8-12-10(2)13)11-6-4-3-5-7-11/h3-8H,1-2H3,(H,12,13)/b9-8+. The molecule has 0 aromatic heterocycles. The largest absolute Gasteiger partial charge is 0.333 e. The van der Waals surface area contributed by atoms with Gasteiger partial charge in [0.1, 0.15) is 0 Å². The predicted molar refractivity (Wildman–Crippen MR) is 53.9 cm³/mol. The zero-order valence-corrected chi connectivity index (χ0v) is 7.87. The molecule has 13 heavy (non-hydrogen) atoms. The van der Waals surface area contributed by atoms with Crippen molar-refractivity contribution in [1.82, 2.24) is 5.32 Å². The molecule has 0 unspecified atom stereocenters. The van der Waals surface area contributed by atoms with Crippen LogP contribution in [-0.4, -0.2) is 5.91 Å². The Labute approximate surface area is 78.3 Å². The fourth-order valence-electron chi connectivity index (χ4n) is 0.994. The smallest absolute Gasteiger partial charge is 0.220 e. The minimum atomic E-state index is -0.0460. The third kappa shape index (κ3) is 3.11. The molecule has 0 aliphatic carbocycles.